The number of rotatable bonds is 7. The number of nitrogens with one attached hydrogen (secondary N) is 2. The summed E-state index contributed by atoms with van der Waals surface area (Å²) in [7, 11) is 5.01. The molecule has 1 unspecified atom stereocenters. The summed E-state index contributed by atoms with van der Waals surface area (Å²) in [5.41, 5.74) is 0.895. The van der Waals surface area contributed by atoms with E-state index >= 15 is 0 Å². The van der Waals surface area contributed by atoms with Crippen LogP contribution in [0.15, 0.2) is 18.2 Å². The Bertz CT molecular complexity index is 421. The normalized spacial score (nSPS) is 11.8. The van der Waals surface area contributed by atoms with E-state index in [-0.39, 0.29) is 11.8 Å². The van der Waals surface area contributed by atoms with Crippen molar-refractivity contribution < 1.29 is 14.3 Å². The molecule has 5 heteroatoms. The van der Waals surface area contributed by atoms with Crippen molar-refractivity contribution in [2.24, 2.45) is 5.92 Å². The first-order valence-corrected chi connectivity index (χ1v) is 6.26. The first-order chi connectivity index (χ1) is 9.13. The summed E-state index contributed by atoms with van der Waals surface area (Å²) >= 11 is 0. The first kappa shape index (κ1) is 15.3. The monoisotopic (exact) mass is 266 g/mol. The molecule has 1 aromatic rings. The maximum Gasteiger partial charge on any atom is 0.224 e. The smallest absolute Gasteiger partial charge is 0.224 e. The van der Waals surface area contributed by atoms with Gasteiger partial charge in [0, 0.05) is 24.6 Å². The summed E-state index contributed by atoms with van der Waals surface area (Å²) in [6.45, 7) is 2.96. The summed E-state index contributed by atoms with van der Waals surface area (Å²) in [5, 5.41) is 5.88. The fourth-order valence-electron chi connectivity index (χ4n) is 1.85. The Labute approximate surface area is 114 Å². The van der Waals surface area contributed by atoms with Gasteiger partial charge in [0.1, 0.15) is 0 Å². The van der Waals surface area contributed by atoms with Crippen LogP contribution in [0.2, 0.25) is 0 Å². The van der Waals surface area contributed by atoms with E-state index in [1.54, 1.807) is 14.2 Å². The van der Waals surface area contributed by atoms with E-state index in [4.69, 9.17) is 9.47 Å². The Morgan fingerprint density at radius 3 is 2.63 bits per heavy atom. The van der Waals surface area contributed by atoms with Crippen LogP contribution in [0.25, 0.3) is 0 Å². The molecule has 0 heterocycles. The maximum absolute atomic E-state index is 11.8. The molecule has 0 fully saturated rings. The molecule has 1 aromatic carbocycles. The highest BCUT2D eigenvalue weighted by Crippen LogP contribution is 2.30. The van der Waals surface area contributed by atoms with Gasteiger partial charge < -0.3 is 20.1 Å². The number of amides is 1. The second kappa shape index (κ2) is 7.63. The SMILES string of the molecule is CNCC(C)C(=O)NCc1cccc(OC)c1OC. The third kappa shape index (κ3) is 4.13. The van der Waals surface area contributed by atoms with E-state index in [1.165, 1.54) is 0 Å². The molecule has 106 valence electrons. The van der Waals surface area contributed by atoms with Crippen LogP contribution in [0, 0.1) is 5.92 Å². The number of benzene rings is 1. The van der Waals surface area contributed by atoms with Gasteiger partial charge in [-0.25, -0.2) is 0 Å². The molecule has 0 spiro atoms. The van der Waals surface area contributed by atoms with Crippen LogP contribution in [0.5, 0.6) is 11.5 Å². The summed E-state index contributed by atoms with van der Waals surface area (Å²) in [4.78, 5) is 11.8. The van der Waals surface area contributed by atoms with Gasteiger partial charge in [-0.3, -0.25) is 4.79 Å². The summed E-state index contributed by atoms with van der Waals surface area (Å²) in [6.07, 6.45) is 0. The molecule has 0 aromatic heterocycles. The fraction of sp³-hybridized carbons (Fsp3) is 0.500. The molecule has 1 rings (SSSR count). The fourth-order valence-corrected chi connectivity index (χ4v) is 1.85. The van der Waals surface area contributed by atoms with Crippen molar-refractivity contribution >= 4 is 5.91 Å². The predicted molar refractivity (Wildman–Crippen MR) is 74.5 cm³/mol. The number of carbonyl (C=O) groups is 1. The van der Waals surface area contributed by atoms with Crippen molar-refractivity contribution in [3.8, 4) is 11.5 Å². The molecule has 0 aliphatic rings. The second-order valence-electron chi connectivity index (χ2n) is 4.33. The summed E-state index contributed by atoms with van der Waals surface area (Å²) in [6, 6.07) is 5.61. The largest absolute Gasteiger partial charge is 0.493 e. The van der Waals surface area contributed by atoms with Crippen LogP contribution < -0.4 is 20.1 Å². The van der Waals surface area contributed by atoms with Gasteiger partial charge in [-0.2, -0.15) is 0 Å². The molecular weight excluding hydrogens is 244 g/mol. The van der Waals surface area contributed by atoms with Crippen molar-refractivity contribution in [3.63, 3.8) is 0 Å². The Morgan fingerprint density at radius 2 is 2.05 bits per heavy atom. The standard InChI is InChI=1S/C14H22N2O3/c1-10(8-15-2)14(17)16-9-11-6-5-7-12(18-3)13(11)19-4/h5-7,10,15H,8-9H2,1-4H3,(H,16,17). The van der Waals surface area contributed by atoms with E-state index in [0.29, 0.717) is 24.6 Å². The Morgan fingerprint density at radius 1 is 1.32 bits per heavy atom. The lowest BCUT2D eigenvalue weighted by Gasteiger charge is -2.15. The number of carbonyl (C=O) groups excluding carboxylic acids is 1. The number of methoxy groups -OCH3 is 2. The van der Waals surface area contributed by atoms with Crippen molar-refractivity contribution in [1.29, 1.82) is 0 Å². The van der Waals surface area contributed by atoms with Gasteiger partial charge in [0.2, 0.25) is 5.91 Å². The third-order valence-electron chi connectivity index (χ3n) is 2.90. The second-order valence-corrected chi connectivity index (χ2v) is 4.33. The van der Waals surface area contributed by atoms with Crippen LogP contribution in [0.4, 0.5) is 0 Å². The maximum atomic E-state index is 11.8. The molecule has 1 atom stereocenters. The minimum atomic E-state index is -0.0680. The van der Waals surface area contributed by atoms with Crippen LogP contribution in [-0.4, -0.2) is 33.7 Å². The molecule has 0 aliphatic heterocycles. The molecular formula is C14H22N2O3. The number of hydrogen-bond donors (Lipinski definition) is 2. The highest BCUT2D eigenvalue weighted by atomic mass is 16.5. The lowest BCUT2D eigenvalue weighted by molar-refractivity contribution is -0.124. The molecule has 0 aliphatic carbocycles. The first-order valence-electron chi connectivity index (χ1n) is 6.26. The highest BCUT2D eigenvalue weighted by molar-refractivity contribution is 5.78. The van der Waals surface area contributed by atoms with Crippen LogP contribution in [-0.2, 0) is 11.3 Å². The van der Waals surface area contributed by atoms with Crippen molar-refractivity contribution in [2.75, 3.05) is 27.8 Å². The molecule has 5 nitrogen and oxygen atoms in total. The third-order valence-corrected chi connectivity index (χ3v) is 2.90. The molecule has 19 heavy (non-hydrogen) atoms. The van der Waals surface area contributed by atoms with Crippen molar-refractivity contribution in [3.05, 3.63) is 23.8 Å². The average molecular weight is 266 g/mol. The Balaban J connectivity index is 2.70. The van der Waals surface area contributed by atoms with Gasteiger partial charge in [-0.05, 0) is 13.1 Å². The highest BCUT2D eigenvalue weighted by Gasteiger charge is 2.14. The van der Waals surface area contributed by atoms with Crippen molar-refractivity contribution in [2.45, 2.75) is 13.5 Å². The topological polar surface area (TPSA) is 59.6 Å². The Kier molecular flexibility index (Phi) is 6.15. The van der Waals surface area contributed by atoms with Gasteiger partial charge in [-0.1, -0.05) is 19.1 Å². The van der Waals surface area contributed by atoms with Gasteiger partial charge in [0.15, 0.2) is 11.5 Å². The van der Waals surface area contributed by atoms with E-state index in [1.807, 2.05) is 32.2 Å². The average Bonchev–Trinajstić information content (AvgIpc) is 2.44. The Hall–Kier alpha value is -1.75. The van der Waals surface area contributed by atoms with Crippen LogP contribution in [0.1, 0.15) is 12.5 Å². The molecule has 2 N–H and O–H groups in total. The zero-order valence-electron chi connectivity index (χ0n) is 11.9. The van der Waals surface area contributed by atoms with Crippen LogP contribution in [0.3, 0.4) is 0 Å². The lowest BCUT2D eigenvalue weighted by Crippen LogP contribution is -2.33. The number of hydrogen-bond acceptors (Lipinski definition) is 4. The van der Waals surface area contributed by atoms with Gasteiger partial charge in [0.05, 0.1) is 14.2 Å². The van der Waals surface area contributed by atoms with E-state index in [0.717, 1.165) is 5.56 Å². The summed E-state index contributed by atoms with van der Waals surface area (Å²) < 4.78 is 10.5. The minimum Gasteiger partial charge on any atom is -0.493 e. The molecule has 0 saturated carbocycles. The van der Waals surface area contributed by atoms with E-state index in [2.05, 4.69) is 10.6 Å². The molecule has 1 amide bonds. The number of para-hydroxylation sites is 1. The van der Waals surface area contributed by atoms with Gasteiger partial charge in [0.25, 0.3) is 0 Å². The van der Waals surface area contributed by atoms with Crippen LogP contribution >= 0.6 is 0 Å². The van der Waals surface area contributed by atoms with Crippen molar-refractivity contribution in [1.82, 2.24) is 10.6 Å². The number of ether oxygens (including phenoxy) is 2. The predicted octanol–water partition coefficient (Wildman–Crippen LogP) is 1.18. The van der Waals surface area contributed by atoms with Gasteiger partial charge >= 0.3 is 0 Å². The summed E-state index contributed by atoms with van der Waals surface area (Å²) in [5.74, 6) is 1.27. The molecule has 0 bridgehead atoms. The zero-order valence-corrected chi connectivity index (χ0v) is 11.9. The molecule has 0 saturated heterocycles. The van der Waals surface area contributed by atoms with E-state index < -0.39 is 0 Å². The van der Waals surface area contributed by atoms with E-state index in [9.17, 15) is 4.79 Å². The van der Waals surface area contributed by atoms with Gasteiger partial charge in [-0.15, -0.1) is 0 Å². The lowest BCUT2D eigenvalue weighted by atomic mass is 10.1. The zero-order chi connectivity index (χ0) is 14.3. The molecule has 0 radical (unpaired) electrons. The quantitative estimate of drug-likeness (QED) is 0.778. The minimum absolute atomic E-state index is 0.0132.